The Hall–Kier alpha value is -1.10. The molecule has 19 heavy (non-hydrogen) atoms. The molecule has 5 heteroatoms. The van der Waals surface area contributed by atoms with Crippen LogP contribution >= 0.6 is 0 Å². The predicted octanol–water partition coefficient (Wildman–Crippen LogP) is 0.638. The number of amides is 2. The molecule has 0 saturated heterocycles. The van der Waals surface area contributed by atoms with Crippen molar-refractivity contribution in [2.75, 3.05) is 13.1 Å². The number of nitrogens with two attached hydrogens (primary N) is 1. The molecule has 0 spiro atoms. The zero-order valence-electron chi connectivity index (χ0n) is 12.5. The lowest BCUT2D eigenvalue weighted by Crippen LogP contribution is -2.47. The van der Waals surface area contributed by atoms with E-state index in [9.17, 15) is 9.59 Å². The molecule has 0 unspecified atom stereocenters. The maximum Gasteiger partial charge on any atom is 0.239 e. The van der Waals surface area contributed by atoms with Gasteiger partial charge in [0.05, 0.1) is 12.6 Å². The zero-order valence-corrected chi connectivity index (χ0v) is 12.5. The molecule has 1 rings (SSSR count). The second kappa shape index (κ2) is 6.37. The average molecular weight is 269 g/mol. The van der Waals surface area contributed by atoms with Gasteiger partial charge in [0.1, 0.15) is 0 Å². The summed E-state index contributed by atoms with van der Waals surface area (Å²) in [6.45, 7) is 8.84. The Morgan fingerprint density at radius 1 is 1.16 bits per heavy atom. The molecule has 1 atom stereocenters. The Morgan fingerprint density at radius 3 is 2.16 bits per heavy atom. The van der Waals surface area contributed by atoms with Crippen LogP contribution in [0.25, 0.3) is 0 Å². The first-order valence-electron chi connectivity index (χ1n) is 7.08. The molecule has 0 bridgehead atoms. The van der Waals surface area contributed by atoms with Crippen molar-refractivity contribution in [3.8, 4) is 0 Å². The number of hydrogen-bond donors (Lipinski definition) is 3. The van der Waals surface area contributed by atoms with Gasteiger partial charge in [-0.2, -0.15) is 0 Å². The topological polar surface area (TPSA) is 84.2 Å². The van der Waals surface area contributed by atoms with Crippen LogP contribution < -0.4 is 16.4 Å². The number of carbonyl (C=O) groups excluding carboxylic acids is 2. The van der Waals surface area contributed by atoms with Crippen LogP contribution in [0, 0.1) is 17.3 Å². The van der Waals surface area contributed by atoms with Crippen molar-refractivity contribution in [3.63, 3.8) is 0 Å². The Labute approximate surface area is 115 Å². The first-order chi connectivity index (χ1) is 8.78. The van der Waals surface area contributed by atoms with Crippen molar-refractivity contribution in [2.45, 2.75) is 46.6 Å². The average Bonchev–Trinajstić information content (AvgIpc) is 3.13. The maximum atomic E-state index is 11.7. The number of nitrogens with one attached hydrogen (secondary N) is 2. The van der Waals surface area contributed by atoms with Crippen LogP contribution in [0.5, 0.6) is 0 Å². The number of carbonyl (C=O) groups is 2. The first-order valence-corrected chi connectivity index (χ1v) is 7.08. The van der Waals surface area contributed by atoms with Gasteiger partial charge in [0.25, 0.3) is 0 Å². The second-order valence-electron chi connectivity index (χ2n) is 6.28. The molecule has 110 valence electrons. The molecule has 0 aromatic heterocycles. The lowest BCUT2D eigenvalue weighted by molar-refractivity contribution is -0.127. The minimum Gasteiger partial charge on any atom is -0.354 e. The van der Waals surface area contributed by atoms with Crippen LogP contribution in [0.3, 0.4) is 0 Å². The van der Waals surface area contributed by atoms with Gasteiger partial charge >= 0.3 is 0 Å². The second-order valence-corrected chi connectivity index (χ2v) is 6.28. The highest BCUT2D eigenvalue weighted by Crippen LogP contribution is 2.51. The van der Waals surface area contributed by atoms with E-state index in [1.165, 1.54) is 12.8 Å². The lowest BCUT2D eigenvalue weighted by atomic mass is 9.92. The van der Waals surface area contributed by atoms with Crippen molar-refractivity contribution in [1.82, 2.24) is 10.6 Å². The maximum absolute atomic E-state index is 11.7. The number of rotatable bonds is 7. The fraction of sp³-hybridized carbons (Fsp3) is 0.857. The van der Waals surface area contributed by atoms with Gasteiger partial charge in [-0.05, 0) is 30.1 Å². The minimum atomic E-state index is -0.557. The highest BCUT2D eigenvalue weighted by atomic mass is 16.2. The number of hydrogen-bond acceptors (Lipinski definition) is 3. The Balaban J connectivity index is 2.24. The van der Waals surface area contributed by atoms with E-state index in [0.717, 1.165) is 0 Å². The molecule has 0 aromatic carbocycles. The normalized spacial score (nSPS) is 18.3. The largest absolute Gasteiger partial charge is 0.354 e. The smallest absolute Gasteiger partial charge is 0.239 e. The first kappa shape index (κ1) is 16.0. The highest BCUT2D eigenvalue weighted by molar-refractivity contribution is 5.87. The van der Waals surface area contributed by atoms with Gasteiger partial charge in [-0.3, -0.25) is 9.59 Å². The van der Waals surface area contributed by atoms with Gasteiger partial charge in [0.15, 0.2) is 0 Å². The molecule has 0 heterocycles. The standard InChI is InChI=1S/C14H27N3O2/c1-9(2)12(15)13(19)16-7-11(18)17-8-14(5-6-14)10(3)4/h9-10,12H,5-8,15H2,1-4H3,(H,16,19)(H,17,18)/t12-/m0/s1. The molecule has 5 nitrogen and oxygen atoms in total. The summed E-state index contributed by atoms with van der Waals surface area (Å²) in [5.74, 6) is 0.238. The van der Waals surface area contributed by atoms with Crippen molar-refractivity contribution in [2.24, 2.45) is 23.0 Å². The molecule has 1 aliphatic carbocycles. The summed E-state index contributed by atoms with van der Waals surface area (Å²) in [6, 6.07) is -0.557. The molecule has 0 aliphatic heterocycles. The molecule has 1 fully saturated rings. The van der Waals surface area contributed by atoms with Crippen LogP contribution in [0.1, 0.15) is 40.5 Å². The molecular formula is C14H27N3O2. The summed E-state index contributed by atoms with van der Waals surface area (Å²) in [6.07, 6.45) is 2.35. The molecular weight excluding hydrogens is 242 g/mol. The third-order valence-electron chi connectivity index (χ3n) is 4.20. The van der Waals surface area contributed by atoms with Crippen LogP contribution in [0.15, 0.2) is 0 Å². The van der Waals surface area contributed by atoms with Crippen LogP contribution in [0.4, 0.5) is 0 Å². The molecule has 2 amide bonds. The van der Waals surface area contributed by atoms with Crippen molar-refractivity contribution in [3.05, 3.63) is 0 Å². The summed E-state index contributed by atoms with van der Waals surface area (Å²) >= 11 is 0. The van der Waals surface area contributed by atoms with Crippen molar-refractivity contribution in [1.29, 1.82) is 0 Å². The van der Waals surface area contributed by atoms with Gasteiger partial charge in [-0.15, -0.1) is 0 Å². The minimum absolute atomic E-state index is 0.00737. The molecule has 0 aromatic rings. The Kier molecular flexibility index (Phi) is 5.35. The van der Waals surface area contributed by atoms with E-state index in [-0.39, 0.29) is 29.7 Å². The van der Waals surface area contributed by atoms with E-state index in [1.54, 1.807) is 0 Å². The summed E-state index contributed by atoms with van der Waals surface area (Å²) in [4.78, 5) is 23.3. The van der Waals surface area contributed by atoms with Gasteiger partial charge < -0.3 is 16.4 Å². The third-order valence-corrected chi connectivity index (χ3v) is 4.20. The summed E-state index contributed by atoms with van der Waals surface area (Å²) in [7, 11) is 0. The van der Waals surface area contributed by atoms with Gasteiger partial charge in [0.2, 0.25) is 11.8 Å². The van der Waals surface area contributed by atoms with E-state index >= 15 is 0 Å². The molecule has 1 aliphatic rings. The monoisotopic (exact) mass is 269 g/mol. The SMILES string of the molecule is CC(C)[C@H](N)C(=O)NCC(=O)NCC1(C(C)C)CC1. The predicted molar refractivity (Wildman–Crippen MR) is 75.3 cm³/mol. The quantitative estimate of drug-likeness (QED) is 0.634. The van der Waals surface area contributed by atoms with E-state index in [0.29, 0.717) is 12.5 Å². The fourth-order valence-electron chi connectivity index (χ4n) is 2.04. The van der Waals surface area contributed by atoms with Gasteiger partial charge in [0, 0.05) is 6.54 Å². The van der Waals surface area contributed by atoms with E-state index in [1.807, 2.05) is 13.8 Å². The fourth-order valence-corrected chi connectivity index (χ4v) is 2.04. The van der Waals surface area contributed by atoms with Gasteiger partial charge in [-0.1, -0.05) is 27.7 Å². The Morgan fingerprint density at radius 2 is 1.74 bits per heavy atom. The van der Waals surface area contributed by atoms with Crippen molar-refractivity contribution < 1.29 is 9.59 Å². The van der Waals surface area contributed by atoms with Crippen LogP contribution in [0.2, 0.25) is 0 Å². The van der Waals surface area contributed by atoms with E-state index in [4.69, 9.17) is 5.73 Å². The summed E-state index contributed by atoms with van der Waals surface area (Å²) in [5, 5.41) is 5.47. The molecule has 1 saturated carbocycles. The third kappa shape index (κ3) is 4.49. The zero-order chi connectivity index (χ0) is 14.6. The van der Waals surface area contributed by atoms with Crippen LogP contribution in [-0.4, -0.2) is 30.9 Å². The molecule has 0 radical (unpaired) electrons. The highest BCUT2D eigenvalue weighted by Gasteiger charge is 2.45. The Bertz CT molecular complexity index is 336. The summed E-state index contributed by atoms with van der Waals surface area (Å²) < 4.78 is 0. The van der Waals surface area contributed by atoms with Crippen molar-refractivity contribution >= 4 is 11.8 Å². The van der Waals surface area contributed by atoms with Gasteiger partial charge in [-0.25, -0.2) is 0 Å². The molecule has 4 N–H and O–H groups in total. The van der Waals surface area contributed by atoms with E-state index < -0.39 is 6.04 Å². The summed E-state index contributed by atoms with van der Waals surface area (Å²) in [5.41, 5.74) is 5.98. The lowest BCUT2D eigenvalue weighted by Gasteiger charge is -2.20. The van der Waals surface area contributed by atoms with E-state index in [2.05, 4.69) is 24.5 Å². The van der Waals surface area contributed by atoms with Crippen LogP contribution in [-0.2, 0) is 9.59 Å².